The van der Waals surface area contributed by atoms with Crippen molar-refractivity contribution >= 4 is 17.4 Å². The molecule has 27 heavy (non-hydrogen) atoms. The summed E-state index contributed by atoms with van der Waals surface area (Å²) < 4.78 is 12.9. The van der Waals surface area contributed by atoms with Crippen LogP contribution in [0.1, 0.15) is 27.4 Å². The summed E-state index contributed by atoms with van der Waals surface area (Å²) >= 11 is 0. The molecule has 0 aliphatic heterocycles. The van der Waals surface area contributed by atoms with E-state index in [0.717, 1.165) is 16.8 Å². The Morgan fingerprint density at radius 1 is 1.04 bits per heavy atom. The van der Waals surface area contributed by atoms with Crippen LogP contribution < -0.4 is 10.6 Å². The van der Waals surface area contributed by atoms with E-state index in [0.29, 0.717) is 30.3 Å². The van der Waals surface area contributed by atoms with Gasteiger partial charge in [-0.05, 0) is 49.6 Å². The number of anilines is 2. The van der Waals surface area contributed by atoms with E-state index in [1.165, 1.54) is 12.1 Å². The molecule has 1 heterocycles. The molecule has 6 heteroatoms. The van der Waals surface area contributed by atoms with Crippen molar-refractivity contribution in [2.75, 3.05) is 11.9 Å². The molecule has 0 aliphatic rings. The highest BCUT2D eigenvalue weighted by Crippen LogP contribution is 2.19. The summed E-state index contributed by atoms with van der Waals surface area (Å²) in [6.45, 7) is 4.19. The number of hydrogen-bond acceptors (Lipinski definition) is 4. The molecule has 2 N–H and O–H groups in total. The van der Waals surface area contributed by atoms with Crippen LogP contribution >= 0.6 is 0 Å². The Hall–Kier alpha value is -3.28. The Bertz CT molecular complexity index is 941. The number of halogens is 1. The monoisotopic (exact) mass is 364 g/mol. The fourth-order valence-corrected chi connectivity index (χ4v) is 2.66. The van der Waals surface area contributed by atoms with Crippen molar-refractivity contribution in [3.63, 3.8) is 0 Å². The van der Waals surface area contributed by atoms with Gasteiger partial charge in [0.1, 0.15) is 23.2 Å². The van der Waals surface area contributed by atoms with Crippen LogP contribution in [0.4, 0.5) is 15.9 Å². The number of nitrogens with zero attached hydrogens (tertiary/aromatic N) is 2. The maximum atomic E-state index is 12.9. The molecule has 0 saturated carbocycles. The Morgan fingerprint density at radius 3 is 2.52 bits per heavy atom. The van der Waals surface area contributed by atoms with Gasteiger partial charge in [0.15, 0.2) is 0 Å². The van der Waals surface area contributed by atoms with Gasteiger partial charge in [-0.3, -0.25) is 4.79 Å². The third kappa shape index (κ3) is 5.10. The lowest BCUT2D eigenvalue weighted by Crippen LogP contribution is -2.27. The number of aryl methyl sites for hydroxylation is 2. The van der Waals surface area contributed by atoms with E-state index in [4.69, 9.17) is 0 Å². The first-order chi connectivity index (χ1) is 13.0. The molecular formula is C21H21FN4O. The molecule has 0 unspecified atom stereocenters. The van der Waals surface area contributed by atoms with Gasteiger partial charge in [-0.15, -0.1) is 0 Å². The van der Waals surface area contributed by atoms with Crippen molar-refractivity contribution in [1.29, 1.82) is 0 Å². The lowest BCUT2D eigenvalue weighted by atomic mass is 10.1. The van der Waals surface area contributed by atoms with Gasteiger partial charge in [-0.1, -0.05) is 30.3 Å². The van der Waals surface area contributed by atoms with Crippen LogP contribution in [-0.2, 0) is 6.42 Å². The summed E-state index contributed by atoms with van der Waals surface area (Å²) in [7, 11) is 0. The van der Waals surface area contributed by atoms with Crippen LogP contribution in [0.25, 0.3) is 0 Å². The van der Waals surface area contributed by atoms with Crippen molar-refractivity contribution in [1.82, 2.24) is 15.3 Å². The molecule has 138 valence electrons. The highest BCUT2D eigenvalue weighted by Gasteiger charge is 2.11. The van der Waals surface area contributed by atoms with Gasteiger partial charge < -0.3 is 10.6 Å². The van der Waals surface area contributed by atoms with Crippen LogP contribution in [0.15, 0.2) is 54.6 Å². The van der Waals surface area contributed by atoms with Crippen molar-refractivity contribution in [2.45, 2.75) is 20.3 Å². The number of aromatic nitrogens is 2. The van der Waals surface area contributed by atoms with Crippen molar-refractivity contribution in [2.24, 2.45) is 0 Å². The summed E-state index contributed by atoms with van der Waals surface area (Å²) in [5, 5.41) is 6.07. The average Bonchev–Trinajstić information content (AvgIpc) is 2.65. The molecule has 0 atom stereocenters. The minimum atomic E-state index is -0.270. The number of rotatable bonds is 6. The van der Waals surface area contributed by atoms with Crippen LogP contribution in [-0.4, -0.2) is 22.4 Å². The number of hydrogen-bond donors (Lipinski definition) is 2. The van der Waals surface area contributed by atoms with E-state index in [1.54, 1.807) is 25.1 Å². The smallest absolute Gasteiger partial charge is 0.270 e. The average molecular weight is 364 g/mol. The van der Waals surface area contributed by atoms with E-state index >= 15 is 0 Å². The maximum absolute atomic E-state index is 12.9. The number of amides is 1. The second-order valence-electron chi connectivity index (χ2n) is 6.26. The predicted molar refractivity (Wildman–Crippen MR) is 104 cm³/mol. The summed E-state index contributed by atoms with van der Waals surface area (Å²) in [5.74, 6) is 0.543. The Kier molecular flexibility index (Phi) is 5.76. The van der Waals surface area contributed by atoms with Crippen LogP contribution in [0.5, 0.6) is 0 Å². The van der Waals surface area contributed by atoms with Crippen LogP contribution in [0, 0.1) is 19.7 Å². The molecule has 0 aliphatic carbocycles. The van der Waals surface area contributed by atoms with Gasteiger partial charge in [0.25, 0.3) is 5.91 Å². The zero-order valence-electron chi connectivity index (χ0n) is 15.3. The minimum Gasteiger partial charge on any atom is -0.350 e. The van der Waals surface area contributed by atoms with Crippen molar-refractivity contribution < 1.29 is 9.18 Å². The fraction of sp³-hybridized carbons (Fsp3) is 0.190. The fourth-order valence-electron chi connectivity index (χ4n) is 2.66. The number of carbonyl (C=O) groups excluding carboxylic acids is 1. The summed E-state index contributed by atoms with van der Waals surface area (Å²) in [6.07, 6.45) is 0.615. The highest BCUT2D eigenvalue weighted by molar-refractivity contribution is 5.93. The first-order valence-corrected chi connectivity index (χ1v) is 8.72. The van der Waals surface area contributed by atoms with Crippen molar-refractivity contribution in [3.8, 4) is 0 Å². The Labute approximate surface area is 157 Å². The van der Waals surface area contributed by atoms with Crippen LogP contribution in [0.3, 0.4) is 0 Å². The maximum Gasteiger partial charge on any atom is 0.270 e. The van der Waals surface area contributed by atoms with Gasteiger partial charge in [0.2, 0.25) is 0 Å². The lowest BCUT2D eigenvalue weighted by molar-refractivity contribution is 0.0949. The van der Waals surface area contributed by atoms with Gasteiger partial charge in [-0.25, -0.2) is 14.4 Å². The van der Waals surface area contributed by atoms with E-state index in [-0.39, 0.29) is 11.7 Å². The normalized spacial score (nSPS) is 10.5. The van der Waals surface area contributed by atoms with Gasteiger partial charge in [-0.2, -0.15) is 0 Å². The van der Waals surface area contributed by atoms with E-state index < -0.39 is 0 Å². The van der Waals surface area contributed by atoms with E-state index in [1.807, 2.05) is 31.2 Å². The summed E-state index contributed by atoms with van der Waals surface area (Å²) in [6, 6.07) is 15.7. The summed E-state index contributed by atoms with van der Waals surface area (Å²) in [4.78, 5) is 21.0. The molecular weight excluding hydrogens is 343 g/mol. The zero-order chi connectivity index (χ0) is 19.2. The first-order valence-electron chi connectivity index (χ1n) is 8.72. The predicted octanol–water partition coefficient (Wildman–Crippen LogP) is 3.95. The number of para-hydroxylation sites is 1. The lowest BCUT2D eigenvalue weighted by Gasteiger charge is -2.11. The second-order valence-corrected chi connectivity index (χ2v) is 6.26. The molecule has 0 bridgehead atoms. The zero-order valence-corrected chi connectivity index (χ0v) is 15.3. The standard InChI is InChI=1S/C21H21FN4O/c1-14-5-3-4-6-18(14)26-20-13-19(24-15(2)25-20)21(27)23-12-11-16-7-9-17(22)10-8-16/h3-10,13H,11-12H2,1-2H3,(H,23,27)(H,24,25,26). The van der Waals surface area contributed by atoms with Gasteiger partial charge >= 0.3 is 0 Å². The highest BCUT2D eigenvalue weighted by atomic mass is 19.1. The molecule has 3 rings (SSSR count). The van der Waals surface area contributed by atoms with E-state index in [2.05, 4.69) is 20.6 Å². The second kappa shape index (κ2) is 8.40. The topological polar surface area (TPSA) is 66.9 Å². The molecule has 3 aromatic rings. The van der Waals surface area contributed by atoms with Crippen molar-refractivity contribution in [3.05, 3.63) is 83.1 Å². The molecule has 0 spiro atoms. The van der Waals surface area contributed by atoms with Gasteiger partial charge in [0, 0.05) is 18.3 Å². The SMILES string of the molecule is Cc1nc(Nc2ccccc2C)cc(C(=O)NCCc2ccc(F)cc2)n1. The minimum absolute atomic E-state index is 0.268. The largest absolute Gasteiger partial charge is 0.350 e. The molecule has 0 radical (unpaired) electrons. The molecule has 1 amide bonds. The summed E-state index contributed by atoms with van der Waals surface area (Å²) in [5.41, 5.74) is 3.27. The Balaban J connectivity index is 1.65. The van der Waals surface area contributed by atoms with E-state index in [9.17, 15) is 9.18 Å². The quantitative estimate of drug-likeness (QED) is 0.695. The third-order valence-corrected chi connectivity index (χ3v) is 4.09. The van der Waals surface area contributed by atoms with Gasteiger partial charge in [0.05, 0.1) is 0 Å². The number of carbonyl (C=O) groups is 1. The molecule has 1 aromatic heterocycles. The molecule has 5 nitrogen and oxygen atoms in total. The number of benzene rings is 2. The Morgan fingerprint density at radius 2 is 1.78 bits per heavy atom. The first kappa shape index (κ1) is 18.5. The number of nitrogens with one attached hydrogen (secondary N) is 2. The molecule has 0 saturated heterocycles. The van der Waals surface area contributed by atoms with Crippen LogP contribution in [0.2, 0.25) is 0 Å². The third-order valence-electron chi connectivity index (χ3n) is 4.09. The molecule has 2 aromatic carbocycles. The molecule has 0 fully saturated rings.